The fourth-order valence-electron chi connectivity index (χ4n) is 2.58. The van der Waals surface area contributed by atoms with Crippen LogP contribution in [0.25, 0.3) is 0 Å². The molecule has 0 aromatic heterocycles. The number of hydrogen-bond donors (Lipinski definition) is 2. The SMILES string of the molecule is CC(NCC(O)CN1CCCC1)c1cc(Cl)cc(Cl)c1. The van der Waals surface area contributed by atoms with Gasteiger partial charge in [-0.05, 0) is 56.6 Å². The third-order valence-corrected chi connectivity index (χ3v) is 4.15. The monoisotopic (exact) mass is 316 g/mol. The summed E-state index contributed by atoms with van der Waals surface area (Å²) in [6.07, 6.45) is 2.15. The zero-order valence-electron chi connectivity index (χ0n) is 11.8. The van der Waals surface area contributed by atoms with Crippen molar-refractivity contribution in [1.82, 2.24) is 10.2 Å². The molecule has 0 spiro atoms. The average molecular weight is 317 g/mol. The Hall–Kier alpha value is -0.320. The van der Waals surface area contributed by atoms with Crippen molar-refractivity contribution in [2.45, 2.75) is 31.9 Å². The molecule has 0 aliphatic carbocycles. The molecule has 1 aliphatic rings. The first-order chi connectivity index (χ1) is 9.54. The third-order valence-electron chi connectivity index (χ3n) is 3.71. The van der Waals surface area contributed by atoms with E-state index in [4.69, 9.17) is 23.2 Å². The number of aliphatic hydroxyl groups excluding tert-OH is 1. The van der Waals surface area contributed by atoms with Crippen LogP contribution in [-0.2, 0) is 0 Å². The number of aliphatic hydroxyl groups is 1. The van der Waals surface area contributed by atoms with Crippen molar-refractivity contribution in [3.63, 3.8) is 0 Å². The number of nitrogens with zero attached hydrogens (tertiary/aromatic N) is 1. The van der Waals surface area contributed by atoms with Gasteiger partial charge in [-0.2, -0.15) is 0 Å². The second kappa shape index (κ2) is 7.62. The number of halogens is 2. The molecule has 1 heterocycles. The van der Waals surface area contributed by atoms with Gasteiger partial charge in [0.1, 0.15) is 0 Å². The van der Waals surface area contributed by atoms with Crippen molar-refractivity contribution in [2.75, 3.05) is 26.2 Å². The molecule has 5 heteroatoms. The van der Waals surface area contributed by atoms with Gasteiger partial charge < -0.3 is 15.3 Å². The second-order valence-electron chi connectivity index (χ2n) is 5.49. The predicted molar refractivity (Wildman–Crippen MR) is 84.6 cm³/mol. The fourth-order valence-corrected chi connectivity index (χ4v) is 3.13. The van der Waals surface area contributed by atoms with E-state index < -0.39 is 0 Å². The Morgan fingerprint density at radius 3 is 2.40 bits per heavy atom. The maximum absolute atomic E-state index is 10.1. The molecule has 2 unspecified atom stereocenters. The van der Waals surface area contributed by atoms with Crippen LogP contribution in [-0.4, -0.2) is 42.3 Å². The van der Waals surface area contributed by atoms with E-state index in [1.54, 1.807) is 6.07 Å². The van der Waals surface area contributed by atoms with E-state index in [-0.39, 0.29) is 12.1 Å². The summed E-state index contributed by atoms with van der Waals surface area (Å²) >= 11 is 12.0. The van der Waals surface area contributed by atoms with Crippen LogP contribution in [0.4, 0.5) is 0 Å². The summed E-state index contributed by atoms with van der Waals surface area (Å²) in [4.78, 5) is 2.31. The Labute approximate surface area is 130 Å². The lowest BCUT2D eigenvalue weighted by Crippen LogP contribution is -2.37. The zero-order valence-corrected chi connectivity index (χ0v) is 13.3. The standard InChI is InChI=1S/C15H22Cl2N2O/c1-11(12-6-13(16)8-14(17)7-12)18-9-15(20)10-19-4-2-3-5-19/h6-8,11,15,18,20H,2-5,9-10H2,1H3. The van der Waals surface area contributed by atoms with E-state index in [1.807, 2.05) is 19.1 Å². The van der Waals surface area contributed by atoms with Crippen molar-refractivity contribution in [1.29, 1.82) is 0 Å². The van der Waals surface area contributed by atoms with Crippen LogP contribution in [0.1, 0.15) is 31.4 Å². The largest absolute Gasteiger partial charge is 0.390 e. The Morgan fingerprint density at radius 1 is 1.20 bits per heavy atom. The number of rotatable bonds is 6. The van der Waals surface area contributed by atoms with Gasteiger partial charge in [0, 0.05) is 29.2 Å². The molecule has 2 atom stereocenters. The molecule has 112 valence electrons. The topological polar surface area (TPSA) is 35.5 Å². The molecule has 0 bridgehead atoms. The fraction of sp³-hybridized carbons (Fsp3) is 0.600. The zero-order chi connectivity index (χ0) is 14.5. The van der Waals surface area contributed by atoms with Crippen molar-refractivity contribution in [2.24, 2.45) is 0 Å². The first-order valence-corrected chi connectivity index (χ1v) is 7.90. The number of nitrogens with one attached hydrogen (secondary N) is 1. The summed E-state index contributed by atoms with van der Waals surface area (Å²) in [5.74, 6) is 0. The predicted octanol–water partition coefficient (Wildman–Crippen LogP) is 3.10. The number of likely N-dealkylation sites (tertiary alicyclic amines) is 1. The van der Waals surface area contributed by atoms with Gasteiger partial charge in [0.05, 0.1) is 6.10 Å². The molecule has 3 nitrogen and oxygen atoms in total. The molecular weight excluding hydrogens is 295 g/mol. The molecule has 20 heavy (non-hydrogen) atoms. The summed E-state index contributed by atoms with van der Waals surface area (Å²) in [5, 5.41) is 14.7. The van der Waals surface area contributed by atoms with Crippen LogP contribution in [0, 0.1) is 0 Å². The molecule has 2 N–H and O–H groups in total. The maximum atomic E-state index is 10.1. The lowest BCUT2D eigenvalue weighted by atomic mass is 10.1. The Morgan fingerprint density at radius 2 is 1.80 bits per heavy atom. The van der Waals surface area contributed by atoms with E-state index in [0.29, 0.717) is 16.6 Å². The van der Waals surface area contributed by atoms with Crippen molar-refractivity contribution in [3.8, 4) is 0 Å². The van der Waals surface area contributed by atoms with Gasteiger partial charge >= 0.3 is 0 Å². The smallest absolute Gasteiger partial charge is 0.0791 e. The van der Waals surface area contributed by atoms with Crippen molar-refractivity contribution in [3.05, 3.63) is 33.8 Å². The Kier molecular flexibility index (Phi) is 6.12. The van der Waals surface area contributed by atoms with Gasteiger partial charge in [-0.3, -0.25) is 0 Å². The minimum absolute atomic E-state index is 0.111. The normalized spacial score (nSPS) is 19.2. The van der Waals surface area contributed by atoms with Gasteiger partial charge in [-0.1, -0.05) is 23.2 Å². The highest BCUT2D eigenvalue weighted by Crippen LogP contribution is 2.23. The Balaban J connectivity index is 1.80. The Bertz CT molecular complexity index is 416. The van der Waals surface area contributed by atoms with Crippen LogP contribution in [0.2, 0.25) is 10.0 Å². The highest BCUT2D eigenvalue weighted by atomic mass is 35.5. The van der Waals surface area contributed by atoms with Gasteiger partial charge in [0.15, 0.2) is 0 Å². The maximum Gasteiger partial charge on any atom is 0.0791 e. The van der Waals surface area contributed by atoms with E-state index in [1.165, 1.54) is 12.8 Å². The molecule has 2 rings (SSSR count). The molecule has 1 aromatic carbocycles. The van der Waals surface area contributed by atoms with Gasteiger partial charge in [0.2, 0.25) is 0 Å². The number of benzene rings is 1. The van der Waals surface area contributed by atoms with E-state index in [9.17, 15) is 5.11 Å². The molecular formula is C15H22Cl2N2O. The molecule has 0 saturated carbocycles. The minimum Gasteiger partial charge on any atom is -0.390 e. The number of hydrogen-bond acceptors (Lipinski definition) is 3. The lowest BCUT2D eigenvalue weighted by Gasteiger charge is -2.22. The van der Waals surface area contributed by atoms with E-state index in [0.717, 1.165) is 25.2 Å². The van der Waals surface area contributed by atoms with Crippen LogP contribution >= 0.6 is 23.2 Å². The van der Waals surface area contributed by atoms with Crippen LogP contribution in [0.3, 0.4) is 0 Å². The van der Waals surface area contributed by atoms with Gasteiger partial charge in [-0.15, -0.1) is 0 Å². The van der Waals surface area contributed by atoms with Crippen LogP contribution < -0.4 is 5.32 Å². The number of β-amino-alcohol motifs (C(OH)–C–C–N with tert-alkyl or cyclic N) is 1. The van der Waals surface area contributed by atoms with Crippen molar-refractivity contribution >= 4 is 23.2 Å². The quantitative estimate of drug-likeness (QED) is 0.846. The third kappa shape index (κ3) is 4.90. The highest BCUT2D eigenvalue weighted by molar-refractivity contribution is 6.34. The summed E-state index contributed by atoms with van der Waals surface area (Å²) in [7, 11) is 0. The van der Waals surface area contributed by atoms with Crippen molar-refractivity contribution < 1.29 is 5.11 Å². The van der Waals surface area contributed by atoms with Crippen LogP contribution in [0.5, 0.6) is 0 Å². The lowest BCUT2D eigenvalue weighted by molar-refractivity contribution is 0.121. The minimum atomic E-state index is -0.342. The summed E-state index contributed by atoms with van der Waals surface area (Å²) < 4.78 is 0. The van der Waals surface area contributed by atoms with Gasteiger partial charge in [-0.25, -0.2) is 0 Å². The summed E-state index contributed by atoms with van der Waals surface area (Å²) in [6.45, 7) is 5.58. The van der Waals surface area contributed by atoms with Gasteiger partial charge in [0.25, 0.3) is 0 Å². The first-order valence-electron chi connectivity index (χ1n) is 7.14. The van der Waals surface area contributed by atoms with Crippen LogP contribution in [0.15, 0.2) is 18.2 Å². The van der Waals surface area contributed by atoms with E-state index in [2.05, 4.69) is 10.2 Å². The average Bonchev–Trinajstić information content (AvgIpc) is 2.87. The highest BCUT2D eigenvalue weighted by Gasteiger charge is 2.16. The summed E-state index contributed by atoms with van der Waals surface area (Å²) in [6, 6.07) is 5.64. The molecule has 0 radical (unpaired) electrons. The molecule has 1 aromatic rings. The molecule has 1 aliphatic heterocycles. The first kappa shape index (κ1) is 16.1. The molecule has 1 fully saturated rings. The molecule has 1 saturated heterocycles. The second-order valence-corrected chi connectivity index (χ2v) is 6.37. The van der Waals surface area contributed by atoms with E-state index >= 15 is 0 Å². The molecule has 0 amide bonds. The summed E-state index contributed by atoms with van der Waals surface area (Å²) in [5.41, 5.74) is 1.04.